The van der Waals surface area contributed by atoms with Gasteiger partial charge in [-0.1, -0.05) is 31.2 Å². The minimum absolute atomic E-state index is 0.0405. The average Bonchev–Trinajstić information content (AvgIpc) is 3.34. The first-order valence-electron chi connectivity index (χ1n) is 11.3. The summed E-state index contributed by atoms with van der Waals surface area (Å²) in [6.07, 6.45) is 2.14. The van der Waals surface area contributed by atoms with E-state index in [-0.39, 0.29) is 23.5 Å². The maximum Gasteiger partial charge on any atom is 0.252 e. The highest BCUT2D eigenvalue weighted by Gasteiger charge is 2.32. The highest BCUT2D eigenvalue weighted by Crippen LogP contribution is 2.32. The Kier molecular flexibility index (Phi) is 6.81. The molecule has 8 nitrogen and oxygen atoms in total. The van der Waals surface area contributed by atoms with E-state index in [1.54, 1.807) is 17.9 Å². The lowest BCUT2D eigenvalue weighted by Gasteiger charge is -2.12. The lowest BCUT2D eigenvalue weighted by atomic mass is 10.0. The number of aryl methyl sites for hydroxylation is 2. The molecule has 1 fully saturated rings. The molecule has 1 amide bonds. The van der Waals surface area contributed by atoms with Gasteiger partial charge in [-0.05, 0) is 37.8 Å². The first-order chi connectivity index (χ1) is 15.8. The zero-order valence-electron chi connectivity index (χ0n) is 19.3. The van der Waals surface area contributed by atoms with Gasteiger partial charge in [-0.2, -0.15) is 5.10 Å². The van der Waals surface area contributed by atoms with Crippen molar-refractivity contribution in [3.8, 4) is 11.3 Å². The molecule has 0 saturated carbocycles. The molecule has 4 rings (SSSR count). The quantitative estimate of drug-likeness (QED) is 0.508. The third-order valence-corrected chi connectivity index (χ3v) is 7.85. The largest absolute Gasteiger partial charge is 0.385 e. The van der Waals surface area contributed by atoms with Crippen LogP contribution in [0.2, 0.25) is 0 Å². The number of amides is 1. The molecule has 1 N–H and O–H groups in total. The highest BCUT2D eigenvalue weighted by molar-refractivity contribution is 7.91. The van der Waals surface area contributed by atoms with Crippen LogP contribution in [0.4, 0.5) is 0 Å². The standard InChI is InChI=1S/C24H30N4O4S/c1-4-17-6-8-18(9-7-17)21-14-20(24(29)25-11-5-12-32-3)22-16(2)27-28(23(22)26-21)19-10-13-33(30,31)15-19/h6-9,14,19H,4-5,10-13,15H2,1-3H3,(H,25,29). The predicted octanol–water partition coefficient (Wildman–Crippen LogP) is 3.10. The van der Waals surface area contributed by atoms with E-state index >= 15 is 0 Å². The SMILES string of the molecule is CCc1ccc(-c2cc(C(=O)NCCCOC)c3c(C)nn(C4CCS(=O)(=O)C4)c3n2)cc1. The predicted molar refractivity (Wildman–Crippen MR) is 128 cm³/mol. The topological polar surface area (TPSA) is 103 Å². The van der Waals surface area contributed by atoms with Gasteiger partial charge in [-0.15, -0.1) is 0 Å². The van der Waals surface area contributed by atoms with Crippen molar-refractivity contribution >= 4 is 26.8 Å². The number of pyridine rings is 1. The van der Waals surface area contributed by atoms with Gasteiger partial charge >= 0.3 is 0 Å². The number of carbonyl (C=O) groups is 1. The molecule has 9 heteroatoms. The van der Waals surface area contributed by atoms with Gasteiger partial charge in [0.2, 0.25) is 0 Å². The number of carbonyl (C=O) groups excluding carboxylic acids is 1. The van der Waals surface area contributed by atoms with Gasteiger partial charge in [-0.25, -0.2) is 18.1 Å². The van der Waals surface area contributed by atoms with E-state index in [4.69, 9.17) is 9.72 Å². The molecule has 176 valence electrons. The molecule has 1 saturated heterocycles. The summed E-state index contributed by atoms with van der Waals surface area (Å²) in [6.45, 7) is 4.99. The minimum Gasteiger partial charge on any atom is -0.385 e. The Bertz CT molecular complexity index is 1270. The molecule has 1 aliphatic heterocycles. The summed E-state index contributed by atoms with van der Waals surface area (Å²) in [4.78, 5) is 18.1. The van der Waals surface area contributed by atoms with Crippen LogP contribution in [0.25, 0.3) is 22.3 Å². The van der Waals surface area contributed by atoms with Gasteiger partial charge in [0.15, 0.2) is 15.5 Å². The summed E-state index contributed by atoms with van der Waals surface area (Å²) in [7, 11) is -1.47. The maximum absolute atomic E-state index is 13.2. The lowest BCUT2D eigenvalue weighted by Crippen LogP contribution is -2.25. The van der Waals surface area contributed by atoms with Crippen LogP contribution in [-0.4, -0.2) is 60.9 Å². The second-order valence-corrected chi connectivity index (χ2v) is 10.7. The van der Waals surface area contributed by atoms with Gasteiger partial charge in [0, 0.05) is 25.8 Å². The van der Waals surface area contributed by atoms with Crippen LogP contribution in [0.1, 0.15) is 47.4 Å². The number of nitrogens with zero attached hydrogens (tertiary/aromatic N) is 3. The smallest absolute Gasteiger partial charge is 0.252 e. The zero-order valence-corrected chi connectivity index (χ0v) is 20.1. The maximum atomic E-state index is 13.2. The molecule has 1 atom stereocenters. The number of hydrogen-bond acceptors (Lipinski definition) is 6. The van der Waals surface area contributed by atoms with Crippen molar-refractivity contribution in [2.75, 3.05) is 31.8 Å². The second kappa shape index (κ2) is 9.61. The Balaban J connectivity index is 1.82. The van der Waals surface area contributed by atoms with Crippen LogP contribution in [0.3, 0.4) is 0 Å². The molecule has 3 aromatic rings. The van der Waals surface area contributed by atoms with Crippen LogP contribution < -0.4 is 5.32 Å². The van der Waals surface area contributed by atoms with Crippen LogP contribution >= 0.6 is 0 Å². The van der Waals surface area contributed by atoms with Crippen molar-refractivity contribution in [2.45, 2.75) is 39.2 Å². The summed E-state index contributed by atoms with van der Waals surface area (Å²) in [5, 5.41) is 8.27. The Labute approximate surface area is 194 Å². The van der Waals surface area contributed by atoms with Gasteiger partial charge in [-0.3, -0.25) is 4.79 Å². The number of nitrogens with one attached hydrogen (secondary N) is 1. The fourth-order valence-electron chi connectivity index (χ4n) is 4.29. The molecular formula is C24H30N4O4S. The van der Waals surface area contributed by atoms with Crippen molar-refractivity contribution in [2.24, 2.45) is 0 Å². The van der Waals surface area contributed by atoms with Crippen molar-refractivity contribution in [3.05, 3.63) is 47.2 Å². The number of methoxy groups -OCH3 is 1. The molecule has 0 bridgehead atoms. The molecule has 33 heavy (non-hydrogen) atoms. The fraction of sp³-hybridized carbons (Fsp3) is 0.458. The van der Waals surface area contributed by atoms with E-state index in [0.29, 0.717) is 54.0 Å². The molecule has 3 heterocycles. The number of fused-ring (bicyclic) bond motifs is 1. The molecule has 0 aliphatic carbocycles. The molecule has 2 aromatic heterocycles. The van der Waals surface area contributed by atoms with E-state index in [1.165, 1.54) is 5.56 Å². The van der Waals surface area contributed by atoms with Crippen molar-refractivity contribution in [3.63, 3.8) is 0 Å². The molecule has 1 unspecified atom stereocenters. The fourth-order valence-corrected chi connectivity index (χ4v) is 5.98. The molecule has 1 aliphatic rings. The van der Waals surface area contributed by atoms with Gasteiger partial charge in [0.1, 0.15) is 0 Å². The zero-order chi connectivity index (χ0) is 23.6. The number of hydrogen-bond donors (Lipinski definition) is 1. The van der Waals surface area contributed by atoms with E-state index < -0.39 is 9.84 Å². The summed E-state index contributed by atoms with van der Waals surface area (Å²) < 4.78 is 31.0. The number of benzene rings is 1. The molecule has 0 spiro atoms. The van der Waals surface area contributed by atoms with Crippen LogP contribution in [0.15, 0.2) is 30.3 Å². The van der Waals surface area contributed by atoms with Crippen molar-refractivity contribution in [1.82, 2.24) is 20.1 Å². The Morgan fingerprint density at radius 3 is 2.67 bits per heavy atom. The van der Waals surface area contributed by atoms with Gasteiger partial charge in [0.05, 0.1) is 39.9 Å². The van der Waals surface area contributed by atoms with E-state index in [1.807, 2.05) is 19.1 Å². The first kappa shape index (κ1) is 23.4. The lowest BCUT2D eigenvalue weighted by molar-refractivity contribution is 0.0950. The number of sulfone groups is 1. The van der Waals surface area contributed by atoms with E-state index in [0.717, 1.165) is 12.0 Å². The van der Waals surface area contributed by atoms with Crippen LogP contribution in [0.5, 0.6) is 0 Å². The monoisotopic (exact) mass is 470 g/mol. The Hall–Kier alpha value is -2.78. The Morgan fingerprint density at radius 1 is 1.27 bits per heavy atom. The van der Waals surface area contributed by atoms with E-state index in [2.05, 4.69) is 29.5 Å². The number of ether oxygens (including phenoxy) is 1. The van der Waals surface area contributed by atoms with Crippen LogP contribution in [-0.2, 0) is 21.0 Å². The normalized spacial score (nSPS) is 17.5. The average molecular weight is 471 g/mol. The second-order valence-electron chi connectivity index (χ2n) is 8.49. The molecule has 1 aromatic carbocycles. The summed E-state index contributed by atoms with van der Waals surface area (Å²) >= 11 is 0. The van der Waals surface area contributed by atoms with Crippen molar-refractivity contribution in [1.29, 1.82) is 0 Å². The summed E-state index contributed by atoms with van der Waals surface area (Å²) in [5.41, 5.74) is 4.48. The third kappa shape index (κ3) is 4.94. The summed E-state index contributed by atoms with van der Waals surface area (Å²) in [6, 6.07) is 9.63. The van der Waals surface area contributed by atoms with E-state index in [9.17, 15) is 13.2 Å². The molecule has 0 radical (unpaired) electrons. The first-order valence-corrected chi connectivity index (χ1v) is 13.1. The van der Waals surface area contributed by atoms with Crippen LogP contribution in [0, 0.1) is 6.92 Å². The number of aromatic nitrogens is 3. The van der Waals surface area contributed by atoms with Crippen molar-refractivity contribution < 1.29 is 17.9 Å². The van der Waals surface area contributed by atoms with Gasteiger partial charge < -0.3 is 10.1 Å². The minimum atomic E-state index is -3.10. The van der Waals surface area contributed by atoms with Gasteiger partial charge in [0.25, 0.3) is 5.91 Å². The third-order valence-electron chi connectivity index (χ3n) is 6.10. The summed E-state index contributed by atoms with van der Waals surface area (Å²) in [5.74, 6) is -0.0197. The Morgan fingerprint density at radius 2 is 2.03 bits per heavy atom. The highest BCUT2D eigenvalue weighted by atomic mass is 32.2. The molecular weight excluding hydrogens is 440 g/mol. The number of rotatable bonds is 8.